The fourth-order valence-corrected chi connectivity index (χ4v) is 1.98. The molecule has 0 spiro atoms. The highest BCUT2D eigenvalue weighted by molar-refractivity contribution is 5.59. The van der Waals surface area contributed by atoms with Crippen molar-refractivity contribution in [3.8, 4) is 11.3 Å². The van der Waals surface area contributed by atoms with Gasteiger partial charge in [0, 0.05) is 30.7 Å². The third-order valence-corrected chi connectivity index (χ3v) is 3.04. The number of aromatic amines is 1. The Bertz CT molecular complexity index is 674. The Kier molecular flexibility index (Phi) is 3.33. The van der Waals surface area contributed by atoms with E-state index in [0.29, 0.717) is 5.82 Å². The van der Waals surface area contributed by atoms with Crippen molar-refractivity contribution in [2.75, 3.05) is 11.1 Å². The fraction of sp³-hybridized carbons (Fsp3) is 0.0667. The lowest BCUT2D eigenvalue weighted by Crippen LogP contribution is -2.00. The van der Waals surface area contributed by atoms with Crippen molar-refractivity contribution < 1.29 is 0 Å². The van der Waals surface area contributed by atoms with Crippen LogP contribution in [0.1, 0.15) is 5.56 Å². The van der Waals surface area contributed by atoms with E-state index in [1.54, 1.807) is 12.4 Å². The number of nitrogens with zero attached hydrogens (tertiary/aromatic N) is 2. The first-order valence-electron chi connectivity index (χ1n) is 6.35. The minimum absolute atomic E-state index is 0.518. The van der Waals surface area contributed by atoms with Crippen LogP contribution < -0.4 is 11.1 Å². The molecule has 0 unspecified atom stereocenters. The summed E-state index contributed by atoms with van der Waals surface area (Å²) >= 11 is 0. The fourth-order valence-electron chi connectivity index (χ4n) is 1.98. The second-order valence-electron chi connectivity index (χ2n) is 4.49. The Morgan fingerprint density at radius 2 is 1.90 bits per heavy atom. The molecule has 20 heavy (non-hydrogen) atoms. The van der Waals surface area contributed by atoms with Gasteiger partial charge in [-0.1, -0.05) is 24.3 Å². The average molecular weight is 265 g/mol. The topological polar surface area (TPSA) is 79.6 Å². The molecule has 3 aromatic rings. The third kappa shape index (κ3) is 2.77. The Balaban J connectivity index is 1.67. The highest BCUT2D eigenvalue weighted by atomic mass is 15.1. The minimum atomic E-state index is 0.518. The van der Waals surface area contributed by atoms with Gasteiger partial charge in [0.25, 0.3) is 0 Å². The van der Waals surface area contributed by atoms with Gasteiger partial charge < -0.3 is 11.1 Å². The van der Waals surface area contributed by atoms with Gasteiger partial charge in [0.15, 0.2) is 0 Å². The Labute approximate surface area is 116 Å². The van der Waals surface area contributed by atoms with Crippen LogP contribution in [-0.2, 0) is 6.54 Å². The third-order valence-electron chi connectivity index (χ3n) is 3.04. The average Bonchev–Trinajstić information content (AvgIpc) is 3.00. The van der Waals surface area contributed by atoms with E-state index < -0.39 is 0 Å². The lowest BCUT2D eigenvalue weighted by atomic mass is 10.1. The summed E-state index contributed by atoms with van der Waals surface area (Å²) in [6.07, 6.45) is 3.44. The lowest BCUT2D eigenvalue weighted by molar-refractivity contribution is 1.09. The molecule has 2 aromatic heterocycles. The van der Waals surface area contributed by atoms with Gasteiger partial charge in [-0.25, -0.2) is 4.98 Å². The molecule has 0 aliphatic heterocycles. The molecule has 0 aliphatic rings. The summed E-state index contributed by atoms with van der Waals surface area (Å²) in [5, 5.41) is 10.2. The number of H-pyrrole nitrogens is 1. The van der Waals surface area contributed by atoms with E-state index >= 15 is 0 Å². The molecular formula is C15H15N5. The second-order valence-corrected chi connectivity index (χ2v) is 4.49. The van der Waals surface area contributed by atoms with Crippen LogP contribution in [0.2, 0.25) is 0 Å². The van der Waals surface area contributed by atoms with Crippen molar-refractivity contribution >= 4 is 11.5 Å². The highest BCUT2D eigenvalue weighted by Crippen LogP contribution is 2.17. The van der Waals surface area contributed by atoms with E-state index in [-0.39, 0.29) is 0 Å². The molecule has 0 bridgehead atoms. The van der Waals surface area contributed by atoms with Crippen LogP contribution in [0, 0.1) is 0 Å². The van der Waals surface area contributed by atoms with Crippen LogP contribution in [0.15, 0.2) is 54.9 Å². The first-order chi connectivity index (χ1) is 9.81. The van der Waals surface area contributed by atoms with Gasteiger partial charge in [-0.3, -0.25) is 5.10 Å². The Morgan fingerprint density at radius 3 is 2.60 bits per heavy atom. The summed E-state index contributed by atoms with van der Waals surface area (Å²) in [5.41, 5.74) is 9.95. The second kappa shape index (κ2) is 5.44. The zero-order chi connectivity index (χ0) is 13.8. The maximum atomic E-state index is 5.64. The first-order valence-corrected chi connectivity index (χ1v) is 6.35. The minimum Gasteiger partial charge on any atom is -0.384 e. The van der Waals surface area contributed by atoms with Crippen LogP contribution in [-0.4, -0.2) is 15.2 Å². The molecule has 4 N–H and O–H groups in total. The molecule has 1 aromatic carbocycles. The molecule has 0 fully saturated rings. The van der Waals surface area contributed by atoms with Gasteiger partial charge in [0.1, 0.15) is 5.82 Å². The summed E-state index contributed by atoms with van der Waals surface area (Å²) in [6, 6.07) is 14.0. The number of rotatable bonds is 4. The molecule has 100 valence electrons. The van der Waals surface area contributed by atoms with E-state index in [0.717, 1.165) is 23.5 Å². The Morgan fingerprint density at radius 1 is 1.05 bits per heavy atom. The summed E-state index contributed by atoms with van der Waals surface area (Å²) in [6.45, 7) is 0.743. The summed E-state index contributed by atoms with van der Waals surface area (Å²) in [5.74, 6) is 0.518. The van der Waals surface area contributed by atoms with Crippen LogP contribution >= 0.6 is 0 Å². The van der Waals surface area contributed by atoms with Gasteiger partial charge in [-0.05, 0) is 23.3 Å². The van der Waals surface area contributed by atoms with Gasteiger partial charge in [0.05, 0.1) is 5.69 Å². The lowest BCUT2D eigenvalue weighted by Gasteiger charge is -2.07. The van der Waals surface area contributed by atoms with E-state index in [9.17, 15) is 0 Å². The number of hydrogen-bond donors (Lipinski definition) is 3. The Hall–Kier alpha value is -2.82. The highest BCUT2D eigenvalue weighted by Gasteiger charge is 1.99. The van der Waals surface area contributed by atoms with Crippen LogP contribution in [0.4, 0.5) is 11.5 Å². The molecule has 3 rings (SSSR count). The predicted octanol–water partition coefficient (Wildman–Crippen LogP) is 2.67. The standard InChI is InChI=1S/C15H15N5/c16-15-9-13(5-7-17-15)18-10-11-1-3-12(4-2-11)14-6-8-19-20-14/h1-9H,10H2,(H,19,20)(H3,16,17,18). The molecule has 0 radical (unpaired) electrons. The van der Waals surface area contributed by atoms with Gasteiger partial charge >= 0.3 is 0 Å². The van der Waals surface area contributed by atoms with E-state index in [1.165, 1.54) is 5.56 Å². The number of aromatic nitrogens is 3. The number of benzene rings is 1. The SMILES string of the molecule is Nc1cc(NCc2ccc(-c3ccn[nH]3)cc2)ccn1. The van der Waals surface area contributed by atoms with Crippen LogP contribution in [0.5, 0.6) is 0 Å². The summed E-state index contributed by atoms with van der Waals surface area (Å²) < 4.78 is 0. The van der Waals surface area contributed by atoms with Crippen LogP contribution in [0.3, 0.4) is 0 Å². The molecule has 0 atom stereocenters. The molecule has 0 saturated carbocycles. The maximum absolute atomic E-state index is 5.64. The zero-order valence-electron chi connectivity index (χ0n) is 10.9. The predicted molar refractivity (Wildman–Crippen MR) is 80.0 cm³/mol. The molecule has 2 heterocycles. The number of nitrogens with one attached hydrogen (secondary N) is 2. The van der Waals surface area contributed by atoms with E-state index in [2.05, 4.69) is 44.8 Å². The number of pyridine rings is 1. The normalized spacial score (nSPS) is 10.4. The molecular weight excluding hydrogens is 250 g/mol. The van der Waals surface area contributed by atoms with Gasteiger partial charge in [-0.15, -0.1) is 0 Å². The number of anilines is 2. The largest absolute Gasteiger partial charge is 0.384 e. The van der Waals surface area contributed by atoms with Crippen molar-refractivity contribution in [2.24, 2.45) is 0 Å². The van der Waals surface area contributed by atoms with Crippen molar-refractivity contribution in [1.29, 1.82) is 0 Å². The smallest absolute Gasteiger partial charge is 0.125 e. The molecule has 5 heteroatoms. The summed E-state index contributed by atoms with van der Waals surface area (Å²) in [7, 11) is 0. The number of nitrogens with two attached hydrogens (primary N) is 1. The van der Waals surface area contributed by atoms with E-state index in [4.69, 9.17) is 5.73 Å². The molecule has 0 saturated heterocycles. The van der Waals surface area contributed by atoms with Gasteiger partial charge in [0.2, 0.25) is 0 Å². The monoisotopic (exact) mass is 265 g/mol. The maximum Gasteiger partial charge on any atom is 0.125 e. The van der Waals surface area contributed by atoms with E-state index in [1.807, 2.05) is 18.2 Å². The molecule has 5 nitrogen and oxygen atoms in total. The van der Waals surface area contributed by atoms with Crippen LogP contribution in [0.25, 0.3) is 11.3 Å². The summed E-state index contributed by atoms with van der Waals surface area (Å²) in [4.78, 5) is 3.96. The van der Waals surface area contributed by atoms with Crippen molar-refractivity contribution in [1.82, 2.24) is 15.2 Å². The number of nitrogen functional groups attached to an aromatic ring is 1. The van der Waals surface area contributed by atoms with Gasteiger partial charge in [-0.2, -0.15) is 5.10 Å². The van der Waals surface area contributed by atoms with Crippen molar-refractivity contribution in [3.05, 3.63) is 60.4 Å². The number of hydrogen-bond acceptors (Lipinski definition) is 4. The first kappa shape index (κ1) is 12.2. The quantitative estimate of drug-likeness (QED) is 0.677. The van der Waals surface area contributed by atoms with Crippen molar-refractivity contribution in [3.63, 3.8) is 0 Å². The molecule has 0 aliphatic carbocycles. The zero-order valence-corrected chi connectivity index (χ0v) is 10.9. The van der Waals surface area contributed by atoms with Crippen molar-refractivity contribution in [2.45, 2.75) is 6.54 Å². The molecule has 0 amide bonds.